The smallest absolute Gasteiger partial charge is 0.229 e. The molecule has 0 rings (SSSR count). The van der Waals surface area contributed by atoms with Crippen molar-refractivity contribution in [2.24, 2.45) is 9.98 Å². The van der Waals surface area contributed by atoms with Gasteiger partial charge in [-0.2, -0.15) is 0 Å². The Labute approximate surface area is 176 Å². The van der Waals surface area contributed by atoms with E-state index in [2.05, 4.69) is 76.2 Å². The summed E-state index contributed by atoms with van der Waals surface area (Å²) in [6.07, 6.45) is 1.08. The van der Waals surface area contributed by atoms with Crippen LogP contribution in [0.2, 0.25) is 6.04 Å². The molecule has 0 aromatic carbocycles. The van der Waals surface area contributed by atoms with E-state index in [1.54, 1.807) is 7.11 Å². The molecule has 3 N–H and O–H groups in total. The maximum Gasteiger partial charge on any atom is 0.229 e. The second kappa shape index (κ2) is 15.6. The summed E-state index contributed by atoms with van der Waals surface area (Å²) >= 11 is 0. The van der Waals surface area contributed by atoms with Crippen molar-refractivity contribution in [3.63, 3.8) is 0 Å². The van der Waals surface area contributed by atoms with Gasteiger partial charge in [-0.25, -0.2) is 0 Å². The Morgan fingerprint density at radius 3 is 1.93 bits per heavy atom. The summed E-state index contributed by atoms with van der Waals surface area (Å²) in [6, 6.07) is 2.34. The van der Waals surface area contributed by atoms with Gasteiger partial charge in [-0.15, -0.1) is 0 Å². The van der Waals surface area contributed by atoms with Crippen LogP contribution in [0.4, 0.5) is 0 Å². The van der Waals surface area contributed by atoms with E-state index < -0.39 is 0 Å². The lowest BCUT2D eigenvalue weighted by molar-refractivity contribution is 0.395. The molecule has 2 radical (unpaired) electrons. The third-order valence-corrected chi connectivity index (χ3v) is 4.29. The highest BCUT2D eigenvalue weighted by molar-refractivity contribution is 6.26. The predicted molar refractivity (Wildman–Crippen MR) is 123 cm³/mol. The van der Waals surface area contributed by atoms with Crippen molar-refractivity contribution in [3.05, 3.63) is 0 Å². The summed E-state index contributed by atoms with van der Waals surface area (Å²) in [5.41, 5.74) is 0. The fourth-order valence-electron chi connectivity index (χ4n) is 2.44. The largest absolute Gasteiger partial charge is 0.421 e. The van der Waals surface area contributed by atoms with Crippen molar-refractivity contribution in [2.75, 3.05) is 26.7 Å². The first kappa shape index (κ1) is 26.7. The van der Waals surface area contributed by atoms with E-state index in [1.807, 2.05) is 0 Å². The van der Waals surface area contributed by atoms with Gasteiger partial charge in [-0.1, -0.05) is 0 Å². The highest BCUT2D eigenvalue weighted by Gasteiger charge is 2.13. The molecule has 0 aliphatic rings. The van der Waals surface area contributed by atoms with Crippen molar-refractivity contribution < 1.29 is 4.43 Å². The number of guanidine groups is 2. The van der Waals surface area contributed by atoms with Crippen LogP contribution in [0.1, 0.15) is 61.8 Å². The zero-order valence-corrected chi connectivity index (χ0v) is 20.6. The maximum absolute atomic E-state index is 5.22. The first-order chi connectivity index (χ1) is 13.1. The zero-order chi connectivity index (χ0) is 21.5. The molecular formula is C20H44N6OSi. The van der Waals surface area contributed by atoms with Gasteiger partial charge in [0.1, 0.15) is 0 Å². The Morgan fingerprint density at radius 1 is 0.893 bits per heavy atom. The van der Waals surface area contributed by atoms with Gasteiger partial charge in [0.05, 0.1) is 6.54 Å². The van der Waals surface area contributed by atoms with Gasteiger partial charge in [0.15, 0.2) is 11.9 Å². The Kier molecular flexibility index (Phi) is 14.9. The quantitative estimate of drug-likeness (QED) is 0.199. The Hall–Kier alpha value is -1.28. The van der Waals surface area contributed by atoms with Crippen LogP contribution in [0, 0.1) is 0 Å². The van der Waals surface area contributed by atoms with E-state index >= 15 is 0 Å². The lowest BCUT2D eigenvalue weighted by Crippen LogP contribution is -2.47. The van der Waals surface area contributed by atoms with E-state index in [0.29, 0.717) is 34.4 Å². The van der Waals surface area contributed by atoms with Gasteiger partial charge >= 0.3 is 0 Å². The number of hydrogen-bond donors (Lipinski definition) is 3. The predicted octanol–water partition coefficient (Wildman–Crippen LogP) is 2.48. The molecule has 8 heteroatoms. The molecule has 0 bridgehead atoms. The van der Waals surface area contributed by atoms with Gasteiger partial charge in [-0.05, 0) is 67.9 Å². The summed E-state index contributed by atoms with van der Waals surface area (Å²) in [5, 5.41) is 10.3. The van der Waals surface area contributed by atoms with E-state index in [-0.39, 0.29) is 6.04 Å². The van der Waals surface area contributed by atoms with Crippen molar-refractivity contribution >= 4 is 21.7 Å². The van der Waals surface area contributed by atoms with Crippen LogP contribution in [0.5, 0.6) is 0 Å². The van der Waals surface area contributed by atoms with E-state index in [9.17, 15) is 0 Å². The van der Waals surface area contributed by atoms with Gasteiger partial charge in [-0.3, -0.25) is 9.98 Å². The lowest BCUT2D eigenvalue weighted by Gasteiger charge is -2.28. The summed E-state index contributed by atoms with van der Waals surface area (Å²) in [6.45, 7) is 19.5. The Morgan fingerprint density at radius 2 is 1.46 bits per heavy atom. The molecule has 0 fully saturated rings. The summed E-state index contributed by atoms with van der Waals surface area (Å²) in [7, 11) is 2.32. The molecule has 0 aliphatic carbocycles. The third-order valence-electron chi connectivity index (χ3n) is 3.44. The number of nitrogens with zero attached hydrogens (tertiary/aromatic N) is 3. The highest BCUT2D eigenvalue weighted by atomic mass is 28.2. The fourth-order valence-corrected chi connectivity index (χ4v) is 2.95. The van der Waals surface area contributed by atoms with Crippen LogP contribution >= 0.6 is 0 Å². The molecule has 0 amide bonds. The Bertz CT molecular complexity index is 440. The molecule has 0 unspecified atom stereocenters. The molecule has 0 heterocycles. The first-order valence-corrected chi connectivity index (χ1v) is 11.7. The zero-order valence-electron chi connectivity index (χ0n) is 19.6. The molecule has 7 nitrogen and oxygen atoms in total. The minimum atomic E-state index is 0.244. The third kappa shape index (κ3) is 14.7. The molecule has 0 saturated carbocycles. The van der Waals surface area contributed by atoms with Gasteiger partial charge < -0.3 is 25.3 Å². The molecule has 0 atom stereocenters. The monoisotopic (exact) mass is 412 g/mol. The minimum Gasteiger partial charge on any atom is -0.421 e. The van der Waals surface area contributed by atoms with E-state index in [0.717, 1.165) is 37.5 Å². The van der Waals surface area contributed by atoms with Gasteiger partial charge in [0.2, 0.25) is 9.76 Å². The van der Waals surface area contributed by atoms with Crippen molar-refractivity contribution in [3.8, 4) is 0 Å². The summed E-state index contributed by atoms with van der Waals surface area (Å²) in [5.74, 6) is 1.83. The second-order valence-corrected chi connectivity index (χ2v) is 9.31. The second-order valence-electron chi connectivity index (χ2n) is 8.11. The van der Waals surface area contributed by atoms with Crippen molar-refractivity contribution in [1.29, 1.82) is 0 Å². The average molecular weight is 413 g/mol. The molecule has 0 spiro atoms. The van der Waals surface area contributed by atoms with Crippen LogP contribution in [-0.2, 0) is 4.43 Å². The van der Waals surface area contributed by atoms with E-state index in [4.69, 9.17) is 14.4 Å². The van der Waals surface area contributed by atoms with Gasteiger partial charge in [0.25, 0.3) is 0 Å². The molecule has 164 valence electrons. The molecular weight excluding hydrogens is 368 g/mol. The topological polar surface area (TPSA) is 73.3 Å². The lowest BCUT2D eigenvalue weighted by atomic mass is 10.3. The summed E-state index contributed by atoms with van der Waals surface area (Å²) < 4.78 is 5.22. The normalized spacial score (nSPS) is 12.1. The van der Waals surface area contributed by atoms with Crippen LogP contribution < -0.4 is 16.0 Å². The van der Waals surface area contributed by atoms with Gasteiger partial charge in [0, 0.05) is 44.4 Å². The SMILES string of the molecule is CO[Si]CCCN(CCN=C(NC(C)C)NC(C)C)C(=NC(C)C)NC(C)C. The maximum atomic E-state index is 5.22. The molecule has 0 saturated heterocycles. The van der Waals surface area contributed by atoms with Crippen LogP contribution in [0.3, 0.4) is 0 Å². The Balaban J connectivity index is 5.17. The average Bonchev–Trinajstić information content (AvgIpc) is 2.54. The van der Waals surface area contributed by atoms with E-state index in [1.165, 1.54) is 0 Å². The molecule has 0 aliphatic heterocycles. The number of nitrogens with one attached hydrogen (secondary N) is 3. The molecule has 0 aromatic rings. The number of rotatable bonds is 12. The van der Waals surface area contributed by atoms with Crippen molar-refractivity contribution in [2.45, 2.75) is 92.0 Å². The standard InChI is InChI=1S/C20H44N6OSi/c1-15(2)22-19(23-16(3)4)21-11-13-26(12-10-14-28-27-9)20(24-17(5)6)25-18(7)8/h15-18H,10-14H2,1-9H3,(H,24,25)(H2,21,22,23). The molecule has 0 aromatic heterocycles. The fraction of sp³-hybridized carbons (Fsp3) is 0.900. The highest BCUT2D eigenvalue weighted by Crippen LogP contribution is 2.01. The van der Waals surface area contributed by atoms with Crippen molar-refractivity contribution in [1.82, 2.24) is 20.9 Å². The first-order valence-electron chi connectivity index (χ1n) is 10.6. The molecule has 28 heavy (non-hydrogen) atoms. The summed E-state index contributed by atoms with van der Waals surface area (Å²) in [4.78, 5) is 11.9. The number of hydrogen-bond acceptors (Lipinski definition) is 3. The van der Waals surface area contributed by atoms with Crippen LogP contribution in [0.15, 0.2) is 9.98 Å². The van der Waals surface area contributed by atoms with Crippen LogP contribution in [-0.4, -0.2) is 77.5 Å². The minimum absolute atomic E-state index is 0.244. The van der Waals surface area contributed by atoms with Crippen LogP contribution in [0.25, 0.3) is 0 Å². The number of aliphatic imine (C=N–C) groups is 2.